The van der Waals surface area contributed by atoms with Crippen LogP contribution in [0.4, 0.5) is 13.2 Å². The second-order valence-electron chi connectivity index (χ2n) is 4.15. The Hall–Kier alpha value is -2.31. The van der Waals surface area contributed by atoms with Crippen molar-refractivity contribution >= 4 is 0 Å². The SMILES string of the molecule is Cc1ncc(-c2cc(OC(F)(F)F)ccc2O)nc1C. The van der Waals surface area contributed by atoms with Gasteiger partial charge in [-0.15, -0.1) is 13.2 Å². The van der Waals surface area contributed by atoms with E-state index >= 15 is 0 Å². The summed E-state index contributed by atoms with van der Waals surface area (Å²) in [6.07, 6.45) is -3.40. The van der Waals surface area contributed by atoms with E-state index in [1.807, 2.05) is 0 Å². The van der Waals surface area contributed by atoms with E-state index in [1.165, 1.54) is 6.20 Å². The summed E-state index contributed by atoms with van der Waals surface area (Å²) in [5, 5.41) is 9.74. The van der Waals surface area contributed by atoms with Crippen LogP contribution >= 0.6 is 0 Å². The number of aryl methyl sites for hydroxylation is 2. The molecule has 0 bridgehead atoms. The van der Waals surface area contributed by atoms with Gasteiger partial charge in [-0.05, 0) is 32.0 Å². The number of ether oxygens (including phenoxy) is 1. The molecule has 0 radical (unpaired) electrons. The Morgan fingerprint density at radius 2 is 1.85 bits per heavy atom. The number of benzene rings is 1. The van der Waals surface area contributed by atoms with Crippen LogP contribution in [0.15, 0.2) is 24.4 Å². The number of hydrogen-bond donors (Lipinski definition) is 1. The molecule has 0 spiro atoms. The van der Waals surface area contributed by atoms with Crippen molar-refractivity contribution < 1.29 is 23.0 Å². The quantitative estimate of drug-likeness (QED) is 0.918. The maximum absolute atomic E-state index is 12.2. The summed E-state index contributed by atoms with van der Waals surface area (Å²) in [5.74, 6) is -0.623. The molecule has 0 unspecified atom stereocenters. The van der Waals surface area contributed by atoms with Crippen molar-refractivity contribution in [3.05, 3.63) is 35.8 Å². The van der Waals surface area contributed by atoms with Gasteiger partial charge in [0.05, 0.1) is 23.3 Å². The van der Waals surface area contributed by atoms with Gasteiger partial charge in [0.15, 0.2) is 0 Å². The van der Waals surface area contributed by atoms with Crippen LogP contribution in [0.2, 0.25) is 0 Å². The third-order valence-electron chi connectivity index (χ3n) is 2.67. The first-order valence-electron chi connectivity index (χ1n) is 5.65. The largest absolute Gasteiger partial charge is 0.573 e. The lowest BCUT2D eigenvalue weighted by Gasteiger charge is -2.11. The summed E-state index contributed by atoms with van der Waals surface area (Å²) in [7, 11) is 0. The second kappa shape index (κ2) is 4.99. The number of rotatable bonds is 2. The number of halogens is 3. The third-order valence-corrected chi connectivity index (χ3v) is 2.67. The Morgan fingerprint density at radius 3 is 2.45 bits per heavy atom. The van der Waals surface area contributed by atoms with Gasteiger partial charge >= 0.3 is 6.36 Å². The smallest absolute Gasteiger partial charge is 0.507 e. The van der Waals surface area contributed by atoms with E-state index in [-0.39, 0.29) is 17.0 Å². The average Bonchev–Trinajstić information content (AvgIpc) is 2.33. The van der Waals surface area contributed by atoms with Crippen LogP contribution in [0, 0.1) is 13.8 Å². The highest BCUT2D eigenvalue weighted by Gasteiger charge is 2.31. The van der Waals surface area contributed by atoms with Crippen molar-refractivity contribution in [1.29, 1.82) is 0 Å². The molecule has 4 nitrogen and oxygen atoms in total. The van der Waals surface area contributed by atoms with E-state index in [0.717, 1.165) is 18.2 Å². The highest BCUT2D eigenvalue weighted by atomic mass is 19.4. The van der Waals surface area contributed by atoms with Crippen molar-refractivity contribution in [1.82, 2.24) is 9.97 Å². The summed E-state index contributed by atoms with van der Waals surface area (Å²) >= 11 is 0. The standard InChI is InChI=1S/C13H11F3N2O2/c1-7-8(2)18-11(6-17-7)10-5-9(3-4-12(10)19)20-13(14,15)16/h3-6,19H,1-2H3. The number of hydrogen-bond acceptors (Lipinski definition) is 4. The first-order valence-corrected chi connectivity index (χ1v) is 5.65. The molecule has 2 aromatic rings. The molecule has 1 heterocycles. The Morgan fingerprint density at radius 1 is 1.15 bits per heavy atom. The molecule has 0 aliphatic rings. The maximum atomic E-state index is 12.2. The van der Waals surface area contributed by atoms with Crippen LogP contribution in [0.1, 0.15) is 11.4 Å². The molecule has 1 aromatic heterocycles. The fourth-order valence-corrected chi connectivity index (χ4v) is 1.59. The van der Waals surface area contributed by atoms with Crippen molar-refractivity contribution in [2.45, 2.75) is 20.2 Å². The monoisotopic (exact) mass is 284 g/mol. The van der Waals surface area contributed by atoms with Gasteiger partial charge in [-0.2, -0.15) is 0 Å². The minimum Gasteiger partial charge on any atom is -0.507 e. The van der Waals surface area contributed by atoms with E-state index in [0.29, 0.717) is 11.4 Å². The molecule has 1 aromatic carbocycles. The summed E-state index contributed by atoms with van der Waals surface area (Å²) < 4.78 is 40.4. The van der Waals surface area contributed by atoms with Gasteiger partial charge < -0.3 is 9.84 Å². The fraction of sp³-hybridized carbons (Fsp3) is 0.231. The van der Waals surface area contributed by atoms with E-state index in [1.54, 1.807) is 13.8 Å². The Balaban J connectivity index is 2.45. The molecule has 7 heteroatoms. The Labute approximate surface area is 112 Å². The minimum atomic E-state index is -4.79. The van der Waals surface area contributed by atoms with E-state index in [4.69, 9.17) is 0 Å². The van der Waals surface area contributed by atoms with Gasteiger partial charge in [-0.25, -0.2) is 4.98 Å². The molecule has 2 rings (SSSR count). The summed E-state index contributed by atoms with van der Waals surface area (Å²) in [6.45, 7) is 3.48. The van der Waals surface area contributed by atoms with Gasteiger partial charge in [-0.3, -0.25) is 4.98 Å². The zero-order chi connectivity index (χ0) is 14.9. The molecule has 0 saturated carbocycles. The molecule has 1 N–H and O–H groups in total. The van der Waals surface area contributed by atoms with E-state index in [2.05, 4.69) is 14.7 Å². The molecule has 0 aliphatic carbocycles. The van der Waals surface area contributed by atoms with Crippen LogP contribution in [0.25, 0.3) is 11.3 Å². The predicted molar refractivity (Wildman–Crippen MR) is 65.3 cm³/mol. The Bertz CT molecular complexity index is 642. The lowest BCUT2D eigenvalue weighted by Crippen LogP contribution is -2.17. The summed E-state index contributed by atoms with van der Waals surface area (Å²) in [4.78, 5) is 8.25. The van der Waals surface area contributed by atoms with E-state index in [9.17, 15) is 18.3 Å². The minimum absolute atomic E-state index is 0.127. The van der Waals surface area contributed by atoms with Gasteiger partial charge in [-0.1, -0.05) is 0 Å². The molecular weight excluding hydrogens is 273 g/mol. The summed E-state index contributed by atoms with van der Waals surface area (Å²) in [5.41, 5.74) is 1.74. The van der Waals surface area contributed by atoms with Crippen LogP contribution in [0.5, 0.6) is 11.5 Å². The highest BCUT2D eigenvalue weighted by Crippen LogP contribution is 2.33. The first kappa shape index (κ1) is 14.1. The average molecular weight is 284 g/mol. The lowest BCUT2D eigenvalue weighted by atomic mass is 10.1. The number of phenolic OH excluding ortho intramolecular Hbond substituents is 1. The van der Waals surface area contributed by atoms with Crippen LogP contribution in [-0.4, -0.2) is 21.4 Å². The van der Waals surface area contributed by atoms with Crippen molar-refractivity contribution in [2.75, 3.05) is 0 Å². The first-order chi connectivity index (χ1) is 9.26. The van der Waals surface area contributed by atoms with E-state index < -0.39 is 12.1 Å². The van der Waals surface area contributed by atoms with Crippen LogP contribution < -0.4 is 4.74 Å². The van der Waals surface area contributed by atoms with Crippen LogP contribution in [0.3, 0.4) is 0 Å². The molecule has 0 aliphatic heterocycles. The number of nitrogens with zero attached hydrogens (tertiary/aromatic N) is 2. The molecule has 20 heavy (non-hydrogen) atoms. The van der Waals surface area contributed by atoms with Gasteiger partial charge in [0.25, 0.3) is 0 Å². The third kappa shape index (κ3) is 3.17. The topological polar surface area (TPSA) is 55.2 Å². The molecular formula is C13H11F3N2O2. The molecule has 0 amide bonds. The highest BCUT2D eigenvalue weighted by molar-refractivity contribution is 5.68. The van der Waals surface area contributed by atoms with Crippen molar-refractivity contribution in [2.24, 2.45) is 0 Å². The fourth-order valence-electron chi connectivity index (χ4n) is 1.59. The molecule has 0 fully saturated rings. The number of aromatic hydroxyl groups is 1. The molecule has 0 atom stereocenters. The second-order valence-corrected chi connectivity index (χ2v) is 4.15. The van der Waals surface area contributed by atoms with Gasteiger partial charge in [0.2, 0.25) is 0 Å². The van der Waals surface area contributed by atoms with Gasteiger partial charge in [0.1, 0.15) is 11.5 Å². The summed E-state index contributed by atoms with van der Waals surface area (Å²) in [6, 6.07) is 3.22. The maximum Gasteiger partial charge on any atom is 0.573 e. The van der Waals surface area contributed by atoms with Crippen molar-refractivity contribution in [3.8, 4) is 22.8 Å². The van der Waals surface area contributed by atoms with Gasteiger partial charge in [0, 0.05) is 5.56 Å². The predicted octanol–water partition coefficient (Wildman–Crippen LogP) is 3.36. The Kier molecular flexibility index (Phi) is 3.52. The zero-order valence-electron chi connectivity index (χ0n) is 10.7. The number of aromatic nitrogens is 2. The number of phenols is 1. The number of alkyl halides is 3. The van der Waals surface area contributed by atoms with Crippen molar-refractivity contribution in [3.63, 3.8) is 0 Å². The molecule has 0 saturated heterocycles. The zero-order valence-corrected chi connectivity index (χ0v) is 10.7. The molecule has 106 valence electrons. The van der Waals surface area contributed by atoms with Crippen LogP contribution in [-0.2, 0) is 0 Å². The lowest BCUT2D eigenvalue weighted by molar-refractivity contribution is -0.274. The normalized spacial score (nSPS) is 11.4.